The fraction of sp³-hybridized carbons (Fsp3) is 0.333. The summed E-state index contributed by atoms with van der Waals surface area (Å²) in [7, 11) is 0. The van der Waals surface area contributed by atoms with E-state index in [0.29, 0.717) is 6.61 Å². The fourth-order valence-electron chi connectivity index (χ4n) is 2.86. The van der Waals surface area contributed by atoms with E-state index in [9.17, 15) is 4.39 Å². The Balaban J connectivity index is 2.03. The molecule has 0 aromatic heterocycles. The first-order valence-electron chi connectivity index (χ1n) is 7.17. The van der Waals surface area contributed by atoms with Crippen molar-refractivity contribution in [3.63, 3.8) is 0 Å². The van der Waals surface area contributed by atoms with Gasteiger partial charge in [0.2, 0.25) is 0 Å². The maximum absolute atomic E-state index is 13.5. The standard InChI is InChI=1S/C18H20FNO/c1-11-4-6-13(19)9-14(11)17(20)12-5-7-16-15(8-12)18(2,3)10-21-16/h4-9,17H,10,20H2,1-3H3. The van der Waals surface area contributed by atoms with Crippen LogP contribution in [-0.2, 0) is 5.41 Å². The molecule has 0 spiro atoms. The number of hydrogen-bond donors (Lipinski definition) is 1. The Bertz CT molecular complexity index is 694. The maximum atomic E-state index is 13.5. The Kier molecular flexibility index (Phi) is 3.25. The largest absolute Gasteiger partial charge is 0.492 e. The summed E-state index contributed by atoms with van der Waals surface area (Å²) in [5, 5.41) is 0. The van der Waals surface area contributed by atoms with Crippen LogP contribution in [0.2, 0.25) is 0 Å². The number of hydrogen-bond acceptors (Lipinski definition) is 2. The van der Waals surface area contributed by atoms with Crippen molar-refractivity contribution in [2.24, 2.45) is 5.73 Å². The van der Waals surface area contributed by atoms with Gasteiger partial charge in [0.15, 0.2) is 0 Å². The second-order valence-electron chi connectivity index (χ2n) is 6.41. The van der Waals surface area contributed by atoms with Crippen LogP contribution in [0.1, 0.15) is 42.1 Å². The van der Waals surface area contributed by atoms with Gasteiger partial charge in [0.25, 0.3) is 0 Å². The van der Waals surface area contributed by atoms with Crippen LogP contribution < -0.4 is 10.5 Å². The molecular weight excluding hydrogens is 265 g/mol. The van der Waals surface area contributed by atoms with Gasteiger partial charge >= 0.3 is 0 Å². The van der Waals surface area contributed by atoms with Gasteiger partial charge in [0, 0.05) is 11.0 Å². The summed E-state index contributed by atoms with van der Waals surface area (Å²) in [6, 6.07) is 10.5. The molecule has 1 unspecified atom stereocenters. The van der Waals surface area contributed by atoms with Crippen molar-refractivity contribution < 1.29 is 9.13 Å². The van der Waals surface area contributed by atoms with E-state index in [1.807, 2.05) is 19.1 Å². The molecule has 0 saturated carbocycles. The van der Waals surface area contributed by atoms with Gasteiger partial charge in [-0.05, 0) is 47.9 Å². The summed E-state index contributed by atoms with van der Waals surface area (Å²) in [4.78, 5) is 0. The van der Waals surface area contributed by atoms with Crippen molar-refractivity contribution in [2.45, 2.75) is 32.2 Å². The Labute approximate surface area is 124 Å². The van der Waals surface area contributed by atoms with Gasteiger partial charge in [0.05, 0.1) is 12.6 Å². The first kappa shape index (κ1) is 14.1. The molecule has 110 valence electrons. The molecule has 3 rings (SSSR count). The van der Waals surface area contributed by atoms with E-state index in [-0.39, 0.29) is 17.3 Å². The molecule has 2 nitrogen and oxygen atoms in total. The number of benzene rings is 2. The van der Waals surface area contributed by atoms with Crippen LogP contribution in [-0.4, -0.2) is 6.61 Å². The van der Waals surface area contributed by atoms with E-state index in [0.717, 1.165) is 22.4 Å². The van der Waals surface area contributed by atoms with E-state index in [4.69, 9.17) is 10.5 Å². The third-order valence-electron chi connectivity index (χ3n) is 4.26. The molecule has 2 N–H and O–H groups in total. The summed E-state index contributed by atoms with van der Waals surface area (Å²) in [5.74, 6) is 0.669. The SMILES string of the molecule is Cc1ccc(F)cc1C(N)c1ccc2c(c1)C(C)(C)CO2. The van der Waals surface area contributed by atoms with Crippen molar-refractivity contribution in [1.82, 2.24) is 0 Å². The first-order chi connectivity index (χ1) is 9.88. The van der Waals surface area contributed by atoms with Gasteiger partial charge in [-0.3, -0.25) is 0 Å². The summed E-state index contributed by atoms with van der Waals surface area (Å²) in [6.07, 6.45) is 0. The molecule has 0 aliphatic carbocycles. The van der Waals surface area contributed by atoms with Gasteiger partial charge in [-0.25, -0.2) is 4.39 Å². The average molecular weight is 285 g/mol. The monoisotopic (exact) mass is 285 g/mol. The van der Waals surface area contributed by atoms with Crippen molar-refractivity contribution in [3.05, 3.63) is 64.5 Å². The van der Waals surface area contributed by atoms with Crippen LogP contribution in [0.5, 0.6) is 5.75 Å². The molecule has 2 aromatic rings. The maximum Gasteiger partial charge on any atom is 0.123 e. The van der Waals surface area contributed by atoms with Gasteiger partial charge in [-0.1, -0.05) is 26.0 Å². The van der Waals surface area contributed by atoms with Gasteiger partial charge in [-0.2, -0.15) is 0 Å². The van der Waals surface area contributed by atoms with Crippen LogP contribution in [0.15, 0.2) is 36.4 Å². The third-order valence-corrected chi connectivity index (χ3v) is 4.26. The Hall–Kier alpha value is -1.87. The topological polar surface area (TPSA) is 35.2 Å². The van der Waals surface area contributed by atoms with E-state index in [2.05, 4.69) is 19.9 Å². The van der Waals surface area contributed by atoms with E-state index in [1.54, 1.807) is 6.07 Å². The Morgan fingerprint density at radius 3 is 2.71 bits per heavy atom. The van der Waals surface area contributed by atoms with E-state index in [1.165, 1.54) is 17.7 Å². The second-order valence-corrected chi connectivity index (χ2v) is 6.41. The lowest BCUT2D eigenvalue weighted by molar-refractivity contribution is 0.291. The lowest BCUT2D eigenvalue weighted by Crippen LogP contribution is -2.19. The molecule has 1 aliphatic heterocycles. The minimum atomic E-state index is -0.331. The zero-order valence-electron chi connectivity index (χ0n) is 12.6. The van der Waals surface area contributed by atoms with Gasteiger partial charge in [0.1, 0.15) is 11.6 Å². The minimum absolute atomic E-state index is 0.0119. The van der Waals surface area contributed by atoms with Crippen LogP contribution >= 0.6 is 0 Å². The van der Waals surface area contributed by atoms with Crippen molar-refractivity contribution >= 4 is 0 Å². The molecule has 1 aliphatic rings. The zero-order valence-corrected chi connectivity index (χ0v) is 12.6. The number of fused-ring (bicyclic) bond motifs is 1. The molecule has 0 fully saturated rings. The molecular formula is C18H20FNO. The number of rotatable bonds is 2. The van der Waals surface area contributed by atoms with Crippen LogP contribution in [0.25, 0.3) is 0 Å². The molecule has 21 heavy (non-hydrogen) atoms. The van der Waals surface area contributed by atoms with Crippen LogP contribution in [0.3, 0.4) is 0 Å². The molecule has 0 radical (unpaired) electrons. The molecule has 0 saturated heterocycles. The normalized spacial score (nSPS) is 17.2. The minimum Gasteiger partial charge on any atom is -0.492 e. The lowest BCUT2D eigenvalue weighted by Gasteiger charge is -2.19. The summed E-state index contributed by atoms with van der Waals surface area (Å²) < 4.78 is 19.2. The van der Waals surface area contributed by atoms with E-state index >= 15 is 0 Å². The molecule has 1 atom stereocenters. The van der Waals surface area contributed by atoms with E-state index < -0.39 is 0 Å². The molecule has 0 amide bonds. The Morgan fingerprint density at radius 1 is 1.19 bits per heavy atom. The number of nitrogens with two attached hydrogens (primary N) is 1. The zero-order chi connectivity index (χ0) is 15.2. The fourth-order valence-corrected chi connectivity index (χ4v) is 2.86. The number of aryl methyl sites for hydroxylation is 1. The molecule has 3 heteroatoms. The number of halogens is 1. The summed E-state index contributed by atoms with van der Waals surface area (Å²) >= 11 is 0. The van der Waals surface area contributed by atoms with Crippen molar-refractivity contribution in [1.29, 1.82) is 0 Å². The molecule has 0 bridgehead atoms. The van der Waals surface area contributed by atoms with Gasteiger partial charge in [-0.15, -0.1) is 0 Å². The molecule has 2 aromatic carbocycles. The highest BCUT2D eigenvalue weighted by atomic mass is 19.1. The lowest BCUT2D eigenvalue weighted by atomic mass is 9.84. The predicted molar refractivity (Wildman–Crippen MR) is 82.1 cm³/mol. The highest BCUT2D eigenvalue weighted by Crippen LogP contribution is 2.40. The second kappa shape index (κ2) is 4.85. The van der Waals surface area contributed by atoms with Gasteiger partial charge < -0.3 is 10.5 Å². The third kappa shape index (κ3) is 2.42. The summed E-state index contributed by atoms with van der Waals surface area (Å²) in [6.45, 7) is 6.94. The highest BCUT2D eigenvalue weighted by molar-refractivity contribution is 5.48. The quantitative estimate of drug-likeness (QED) is 0.909. The van der Waals surface area contributed by atoms with Crippen molar-refractivity contribution in [3.8, 4) is 5.75 Å². The predicted octanol–water partition coefficient (Wildman–Crippen LogP) is 3.85. The Morgan fingerprint density at radius 2 is 1.95 bits per heavy atom. The summed E-state index contributed by atoms with van der Waals surface area (Å²) in [5.41, 5.74) is 10.3. The first-order valence-corrected chi connectivity index (χ1v) is 7.17. The van der Waals surface area contributed by atoms with Crippen molar-refractivity contribution in [2.75, 3.05) is 6.61 Å². The average Bonchev–Trinajstić information content (AvgIpc) is 2.76. The van der Waals surface area contributed by atoms with Crippen LogP contribution in [0.4, 0.5) is 4.39 Å². The number of ether oxygens (including phenoxy) is 1. The molecule has 1 heterocycles. The highest BCUT2D eigenvalue weighted by Gasteiger charge is 2.32. The van der Waals surface area contributed by atoms with Crippen LogP contribution in [0, 0.1) is 12.7 Å². The smallest absolute Gasteiger partial charge is 0.123 e.